The van der Waals surface area contributed by atoms with Crippen molar-refractivity contribution in [3.05, 3.63) is 63.9 Å². The standard InChI is InChI=1S/C22H23BrFN2O4P/c23-18-3-6-20(17(11-18)14-31-28)30-29-13-21(27)26-9-7-22(15-25,8-10-26)12-16-1-4-19(24)5-2-16/h1-6,11,28,31H,7-10,12-14H2. The van der Waals surface area contributed by atoms with Crippen molar-refractivity contribution >= 4 is 30.6 Å². The van der Waals surface area contributed by atoms with E-state index < -0.39 is 5.41 Å². The van der Waals surface area contributed by atoms with Gasteiger partial charge in [-0.2, -0.15) is 10.1 Å². The zero-order valence-electron chi connectivity index (χ0n) is 16.8. The van der Waals surface area contributed by atoms with Crippen LogP contribution in [0.3, 0.4) is 0 Å². The lowest BCUT2D eigenvalue weighted by Crippen LogP contribution is -2.45. The summed E-state index contributed by atoms with van der Waals surface area (Å²) >= 11 is 3.37. The van der Waals surface area contributed by atoms with Crippen LogP contribution in [-0.2, 0) is 22.3 Å². The number of rotatable bonds is 8. The maximum atomic E-state index is 13.1. The van der Waals surface area contributed by atoms with Crippen LogP contribution in [0.15, 0.2) is 46.9 Å². The van der Waals surface area contributed by atoms with Gasteiger partial charge in [0, 0.05) is 38.1 Å². The SMILES string of the molecule is N#CC1(Cc2ccc(F)cc2)CCN(C(=O)COOc2ccc(Br)cc2CPO)CC1. The number of halogens is 2. The van der Waals surface area contributed by atoms with Crippen LogP contribution in [0.1, 0.15) is 24.0 Å². The quantitative estimate of drug-likeness (QED) is 0.325. The van der Waals surface area contributed by atoms with Crippen LogP contribution in [0, 0.1) is 22.6 Å². The van der Waals surface area contributed by atoms with Crippen LogP contribution >= 0.6 is 24.7 Å². The Hall–Kier alpha value is -2.04. The minimum atomic E-state index is -0.566. The average molecular weight is 509 g/mol. The van der Waals surface area contributed by atoms with Crippen molar-refractivity contribution in [1.82, 2.24) is 4.90 Å². The summed E-state index contributed by atoms with van der Waals surface area (Å²) in [6.45, 7) is 0.659. The number of hydrogen-bond donors (Lipinski definition) is 1. The number of hydrogen-bond acceptors (Lipinski definition) is 5. The van der Waals surface area contributed by atoms with Crippen LogP contribution in [-0.4, -0.2) is 35.4 Å². The van der Waals surface area contributed by atoms with Crippen molar-refractivity contribution in [1.29, 1.82) is 5.26 Å². The first-order valence-corrected chi connectivity index (χ1v) is 11.8. The molecule has 2 aromatic carbocycles. The molecule has 1 unspecified atom stereocenters. The smallest absolute Gasteiger partial charge is 0.253 e. The molecule has 0 spiro atoms. The molecule has 1 fully saturated rings. The van der Waals surface area contributed by atoms with Gasteiger partial charge in [-0.05, 0) is 55.2 Å². The third-order valence-electron chi connectivity index (χ3n) is 5.39. The van der Waals surface area contributed by atoms with Crippen molar-refractivity contribution < 1.29 is 23.9 Å². The van der Waals surface area contributed by atoms with E-state index >= 15 is 0 Å². The Labute approximate surface area is 190 Å². The summed E-state index contributed by atoms with van der Waals surface area (Å²) in [6.07, 6.45) is 2.05. The largest absolute Gasteiger partial charge is 0.377 e. The van der Waals surface area contributed by atoms with Crippen LogP contribution in [0.4, 0.5) is 4.39 Å². The zero-order valence-corrected chi connectivity index (χ0v) is 19.4. The molecule has 3 rings (SSSR count). The molecule has 6 nitrogen and oxygen atoms in total. The third kappa shape index (κ3) is 6.47. The minimum Gasteiger partial charge on any atom is -0.377 e. The lowest BCUT2D eigenvalue weighted by atomic mass is 9.75. The molecule has 1 N–H and O–H groups in total. The zero-order chi connectivity index (χ0) is 22.3. The number of carbonyl (C=O) groups excluding carboxylic acids is 1. The second-order valence-electron chi connectivity index (χ2n) is 7.51. The lowest BCUT2D eigenvalue weighted by Gasteiger charge is -2.37. The van der Waals surface area contributed by atoms with E-state index in [1.807, 2.05) is 6.07 Å². The van der Waals surface area contributed by atoms with Gasteiger partial charge < -0.3 is 14.7 Å². The average Bonchev–Trinajstić information content (AvgIpc) is 2.77. The van der Waals surface area contributed by atoms with Gasteiger partial charge in [0.25, 0.3) is 5.91 Å². The van der Waals surface area contributed by atoms with Crippen molar-refractivity contribution in [3.8, 4) is 11.8 Å². The monoisotopic (exact) mass is 508 g/mol. The maximum absolute atomic E-state index is 13.1. The summed E-state index contributed by atoms with van der Waals surface area (Å²) in [5.41, 5.74) is 1.12. The molecule has 2 aromatic rings. The van der Waals surface area contributed by atoms with Gasteiger partial charge in [-0.15, -0.1) is 0 Å². The Morgan fingerprint density at radius 3 is 2.61 bits per heavy atom. The van der Waals surface area contributed by atoms with E-state index in [9.17, 15) is 19.3 Å². The Kier molecular flexibility index (Phi) is 8.39. The summed E-state index contributed by atoms with van der Waals surface area (Å²) in [5.74, 6) is -0.0561. The van der Waals surface area contributed by atoms with Gasteiger partial charge in [0.2, 0.25) is 0 Å². The molecule has 0 aromatic heterocycles. The van der Waals surface area contributed by atoms with Crippen molar-refractivity contribution in [2.75, 3.05) is 19.7 Å². The number of benzene rings is 2. The van der Waals surface area contributed by atoms with Gasteiger partial charge in [0.15, 0.2) is 12.4 Å². The molecule has 1 amide bonds. The van der Waals surface area contributed by atoms with E-state index in [2.05, 4.69) is 22.0 Å². The van der Waals surface area contributed by atoms with Crippen molar-refractivity contribution in [2.24, 2.45) is 5.41 Å². The third-order valence-corrected chi connectivity index (χ3v) is 6.42. The molecule has 0 saturated carbocycles. The molecule has 0 aliphatic carbocycles. The van der Waals surface area contributed by atoms with E-state index in [1.54, 1.807) is 29.2 Å². The normalized spacial score (nSPS) is 15.7. The van der Waals surface area contributed by atoms with E-state index in [0.29, 0.717) is 44.3 Å². The van der Waals surface area contributed by atoms with Gasteiger partial charge in [-0.1, -0.05) is 28.1 Å². The molecular formula is C22H23BrFN2O4P. The number of nitriles is 1. The molecule has 1 heterocycles. The summed E-state index contributed by atoms with van der Waals surface area (Å²) in [7, 11) is -0.262. The predicted molar refractivity (Wildman–Crippen MR) is 119 cm³/mol. The predicted octanol–water partition coefficient (Wildman–Crippen LogP) is 4.36. The molecule has 164 valence electrons. The Balaban J connectivity index is 1.50. The molecule has 1 aliphatic rings. The lowest BCUT2D eigenvalue weighted by molar-refractivity contribution is -0.211. The number of nitrogens with zero attached hydrogens (tertiary/aromatic N) is 2. The number of piperidine rings is 1. The first kappa shape index (κ1) is 23.6. The van der Waals surface area contributed by atoms with E-state index in [0.717, 1.165) is 15.6 Å². The maximum Gasteiger partial charge on any atom is 0.253 e. The highest BCUT2D eigenvalue weighted by Crippen LogP contribution is 2.35. The fraction of sp³-hybridized carbons (Fsp3) is 0.364. The van der Waals surface area contributed by atoms with Crippen LogP contribution in [0.5, 0.6) is 5.75 Å². The first-order valence-electron chi connectivity index (χ1n) is 9.83. The molecule has 1 atom stereocenters. The highest BCUT2D eigenvalue weighted by Gasteiger charge is 2.36. The second kappa shape index (κ2) is 11.0. The van der Waals surface area contributed by atoms with Gasteiger partial charge in [-0.25, -0.2) is 4.39 Å². The summed E-state index contributed by atoms with van der Waals surface area (Å²) in [4.78, 5) is 33.8. The van der Waals surface area contributed by atoms with Gasteiger partial charge in [-0.3, -0.25) is 4.79 Å². The van der Waals surface area contributed by atoms with Crippen molar-refractivity contribution in [2.45, 2.75) is 25.4 Å². The number of amides is 1. The van der Waals surface area contributed by atoms with E-state index in [1.165, 1.54) is 12.1 Å². The summed E-state index contributed by atoms with van der Waals surface area (Å²) in [5, 5.41) is 9.75. The number of carbonyl (C=O) groups is 1. The fourth-order valence-corrected chi connectivity index (χ4v) is 4.45. The molecule has 0 bridgehead atoms. The van der Waals surface area contributed by atoms with E-state index in [4.69, 9.17) is 9.78 Å². The molecule has 1 saturated heterocycles. The van der Waals surface area contributed by atoms with Gasteiger partial charge in [0.05, 0.1) is 11.5 Å². The number of likely N-dealkylation sites (tertiary alicyclic amines) is 1. The van der Waals surface area contributed by atoms with Crippen LogP contribution in [0.25, 0.3) is 0 Å². The Morgan fingerprint density at radius 2 is 1.97 bits per heavy atom. The van der Waals surface area contributed by atoms with E-state index in [-0.39, 0.29) is 27.1 Å². The topological polar surface area (TPSA) is 82.8 Å². The summed E-state index contributed by atoms with van der Waals surface area (Å²) < 4.78 is 14.0. The van der Waals surface area contributed by atoms with Crippen molar-refractivity contribution in [3.63, 3.8) is 0 Å². The summed E-state index contributed by atoms with van der Waals surface area (Å²) in [6, 6.07) is 13.9. The molecule has 1 aliphatic heterocycles. The molecule has 31 heavy (non-hydrogen) atoms. The fourth-order valence-electron chi connectivity index (χ4n) is 3.59. The highest BCUT2D eigenvalue weighted by molar-refractivity contribution is 9.10. The second-order valence-corrected chi connectivity index (χ2v) is 9.09. The van der Waals surface area contributed by atoms with Gasteiger partial charge in [0.1, 0.15) is 5.82 Å². The molecule has 9 heteroatoms. The van der Waals surface area contributed by atoms with Gasteiger partial charge >= 0.3 is 0 Å². The molecular weight excluding hydrogens is 486 g/mol. The Morgan fingerprint density at radius 1 is 1.26 bits per heavy atom. The Bertz CT molecular complexity index is 944. The highest BCUT2D eigenvalue weighted by atomic mass is 79.9. The minimum absolute atomic E-state index is 0.212. The van der Waals surface area contributed by atoms with Crippen LogP contribution in [0.2, 0.25) is 0 Å². The molecule has 0 radical (unpaired) electrons. The van der Waals surface area contributed by atoms with Crippen LogP contribution < -0.4 is 4.89 Å². The first-order chi connectivity index (χ1) is 14.9.